The SMILES string of the molecule is Cc1cccc(N2CCN(CCC(=O)Nc3cccc(C)c3C)CC2)c1. The Balaban J connectivity index is 1.45. The number of aryl methyl sites for hydroxylation is 2. The predicted octanol–water partition coefficient (Wildman–Crippen LogP) is 3.76. The molecule has 0 aliphatic carbocycles. The van der Waals surface area contributed by atoms with Crippen LogP contribution in [0.2, 0.25) is 0 Å². The fraction of sp³-hybridized carbons (Fsp3) is 0.409. The molecule has 2 aromatic carbocycles. The zero-order valence-corrected chi connectivity index (χ0v) is 16.1. The molecule has 0 bridgehead atoms. The molecule has 4 nitrogen and oxygen atoms in total. The van der Waals surface area contributed by atoms with Crippen LogP contribution in [0.1, 0.15) is 23.1 Å². The molecular formula is C22H29N3O. The number of rotatable bonds is 5. The average molecular weight is 351 g/mol. The minimum absolute atomic E-state index is 0.0970. The van der Waals surface area contributed by atoms with Crippen LogP contribution >= 0.6 is 0 Å². The first-order valence-corrected chi connectivity index (χ1v) is 9.43. The quantitative estimate of drug-likeness (QED) is 0.891. The van der Waals surface area contributed by atoms with Gasteiger partial charge in [0.1, 0.15) is 0 Å². The van der Waals surface area contributed by atoms with Crippen molar-refractivity contribution < 1.29 is 4.79 Å². The molecule has 0 unspecified atom stereocenters. The first kappa shape index (κ1) is 18.5. The zero-order valence-electron chi connectivity index (χ0n) is 16.1. The molecule has 1 fully saturated rings. The molecule has 0 saturated carbocycles. The van der Waals surface area contributed by atoms with Gasteiger partial charge in [0.05, 0.1) is 0 Å². The molecule has 3 rings (SSSR count). The highest BCUT2D eigenvalue weighted by atomic mass is 16.1. The third kappa shape index (κ3) is 4.64. The molecule has 26 heavy (non-hydrogen) atoms. The summed E-state index contributed by atoms with van der Waals surface area (Å²) in [6.07, 6.45) is 0.540. The monoisotopic (exact) mass is 351 g/mol. The van der Waals surface area contributed by atoms with Crippen LogP contribution in [0.25, 0.3) is 0 Å². The van der Waals surface area contributed by atoms with Crippen LogP contribution in [-0.4, -0.2) is 43.5 Å². The minimum atomic E-state index is 0.0970. The van der Waals surface area contributed by atoms with Crippen molar-refractivity contribution in [1.29, 1.82) is 0 Å². The topological polar surface area (TPSA) is 35.6 Å². The Labute approximate surface area is 156 Å². The van der Waals surface area contributed by atoms with Crippen LogP contribution in [0, 0.1) is 20.8 Å². The van der Waals surface area contributed by atoms with Gasteiger partial charge in [0.25, 0.3) is 0 Å². The summed E-state index contributed by atoms with van der Waals surface area (Å²) in [5.41, 5.74) is 5.88. The molecule has 4 heteroatoms. The number of hydrogen-bond donors (Lipinski definition) is 1. The molecule has 1 heterocycles. The highest BCUT2D eigenvalue weighted by Gasteiger charge is 2.18. The molecule has 2 aromatic rings. The maximum absolute atomic E-state index is 12.3. The number of nitrogens with zero attached hydrogens (tertiary/aromatic N) is 2. The third-order valence-electron chi connectivity index (χ3n) is 5.27. The first-order chi connectivity index (χ1) is 12.5. The number of nitrogens with one attached hydrogen (secondary N) is 1. The second kappa shape index (κ2) is 8.37. The van der Waals surface area contributed by atoms with E-state index in [-0.39, 0.29) is 5.91 Å². The van der Waals surface area contributed by atoms with E-state index in [4.69, 9.17) is 0 Å². The smallest absolute Gasteiger partial charge is 0.225 e. The van der Waals surface area contributed by atoms with Gasteiger partial charge < -0.3 is 10.2 Å². The van der Waals surface area contributed by atoms with Crippen molar-refractivity contribution in [3.63, 3.8) is 0 Å². The average Bonchev–Trinajstić information content (AvgIpc) is 2.64. The van der Waals surface area contributed by atoms with E-state index >= 15 is 0 Å². The van der Waals surface area contributed by atoms with Crippen molar-refractivity contribution in [1.82, 2.24) is 4.90 Å². The Morgan fingerprint density at radius 1 is 1.00 bits per heavy atom. The van der Waals surface area contributed by atoms with Crippen LogP contribution in [0.4, 0.5) is 11.4 Å². The summed E-state index contributed by atoms with van der Waals surface area (Å²) < 4.78 is 0. The van der Waals surface area contributed by atoms with Crippen molar-refractivity contribution in [2.45, 2.75) is 27.2 Å². The third-order valence-corrected chi connectivity index (χ3v) is 5.27. The number of carbonyl (C=O) groups is 1. The number of carbonyl (C=O) groups excluding carboxylic acids is 1. The van der Waals surface area contributed by atoms with Gasteiger partial charge in [-0.05, 0) is 55.7 Å². The Hall–Kier alpha value is -2.33. The van der Waals surface area contributed by atoms with Gasteiger partial charge in [0.15, 0.2) is 0 Å². The largest absolute Gasteiger partial charge is 0.369 e. The van der Waals surface area contributed by atoms with Crippen molar-refractivity contribution in [2.24, 2.45) is 0 Å². The minimum Gasteiger partial charge on any atom is -0.369 e. The Bertz CT molecular complexity index is 764. The molecule has 138 valence electrons. The highest BCUT2D eigenvalue weighted by molar-refractivity contribution is 5.91. The number of hydrogen-bond acceptors (Lipinski definition) is 3. The van der Waals surface area contributed by atoms with E-state index in [2.05, 4.69) is 66.2 Å². The van der Waals surface area contributed by atoms with E-state index in [1.165, 1.54) is 16.8 Å². The number of benzene rings is 2. The van der Waals surface area contributed by atoms with Crippen LogP contribution < -0.4 is 10.2 Å². The highest BCUT2D eigenvalue weighted by Crippen LogP contribution is 2.19. The van der Waals surface area contributed by atoms with E-state index in [0.717, 1.165) is 44.0 Å². The first-order valence-electron chi connectivity index (χ1n) is 9.43. The summed E-state index contributed by atoms with van der Waals surface area (Å²) in [6, 6.07) is 14.7. The molecule has 1 amide bonds. The zero-order chi connectivity index (χ0) is 18.5. The van der Waals surface area contributed by atoms with Crippen LogP contribution in [-0.2, 0) is 4.79 Å². The molecule has 1 saturated heterocycles. The van der Waals surface area contributed by atoms with E-state index in [1.807, 2.05) is 12.1 Å². The van der Waals surface area contributed by atoms with Gasteiger partial charge in [0, 0.05) is 50.5 Å². The fourth-order valence-corrected chi connectivity index (χ4v) is 3.41. The maximum Gasteiger partial charge on any atom is 0.225 e. The van der Waals surface area contributed by atoms with Gasteiger partial charge in [-0.25, -0.2) is 0 Å². The summed E-state index contributed by atoms with van der Waals surface area (Å²) in [5.74, 6) is 0.0970. The van der Waals surface area contributed by atoms with Crippen LogP contribution in [0.5, 0.6) is 0 Å². The van der Waals surface area contributed by atoms with Crippen molar-refractivity contribution in [3.8, 4) is 0 Å². The van der Waals surface area contributed by atoms with Crippen molar-refractivity contribution >= 4 is 17.3 Å². The van der Waals surface area contributed by atoms with Gasteiger partial charge in [-0.15, -0.1) is 0 Å². The molecule has 1 aliphatic rings. The number of piperazine rings is 1. The lowest BCUT2D eigenvalue weighted by Crippen LogP contribution is -2.47. The molecule has 0 radical (unpaired) electrons. The standard InChI is InChI=1S/C22H29N3O/c1-17-6-4-8-20(16-17)25-14-12-24(13-15-25)11-10-22(26)23-21-9-5-7-18(2)19(21)3/h4-9,16H,10-15H2,1-3H3,(H,23,26). The lowest BCUT2D eigenvalue weighted by atomic mass is 10.1. The van der Waals surface area contributed by atoms with E-state index < -0.39 is 0 Å². The van der Waals surface area contributed by atoms with Crippen molar-refractivity contribution in [3.05, 3.63) is 59.2 Å². The molecule has 0 aromatic heterocycles. The number of amides is 1. The van der Waals surface area contributed by atoms with Gasteiger partial charge in [-0.3, -0.25) is 9.69 Å². The second-order valence-corrected chi connectivity index (χ2v) is 7.21. The van der Waals surface area contributed by atoms with Crippen LogP contribution in [0.3, 0.4) is 0 Å². The summed E-state index contributed by atoms with van der Waals surface area (Å²) in [7, 11) is 0. The molecule has 1 N–H and O–H groups in total. The lowest BCUT2D eigenvalue weighted by molar-refractivity contribution is -0.116. The molecule has 1 aliphatic heterocycles. The second-order valence-electron chi connectivity index (χ2n) is 7.21. The van der Waals surface area contributed by atoms with Crippen LogP contribution in [0.15, 0.2) is 42.5 Å². The fourth-order valence-electron chi connectivity index (χ4n) is 3.41. The molecule has 0 spiro atoms. The lowest BCUT2D eigenvalue weighted by Gasteiger charge is -2.36. The normalized spacial score (nSPS) is 15.1. The Morgan fingerprint density at radius 2 is 1.73 bits per heavy atom. The number of anilines is 2. The summed E-state index contributed by atoms with van der Waals surface area (Å²) in [4.78, 5) is 17.1. The molecule has 0 atom stereocenters. The predicted molar refractivity (Wildman–Crippen MR) is 109 cm³/mol. The Kier molecular flexibility index (Phi) is 5.94. The summed E-state index contributed by atoms with van der Waals surface area (Å²) in [6.45, 7) is 11.1. The van der Waals surface area contributed by atoms with E-state index in [1.54, 1.807) is 0 Å². The maximum atomic E-state index is 12.3. The van der Waals surface area contributed by atoms with Gasteiger partial charge in [0.2, 0.25) is 5.91 Å². The summed E-state index contributed by atoms with van der Waals surface area (Å²) >= 11 is 0. The molecular weight excluding hydrogens is 322 g/mol. The van der Waals surface area contributed by atoms with E-state index in [9.17, 15) is 4.79 Å². The van der Waals surface area contributed by atoms with Gasteiger partial charge in [-0.2, -0.15) is 0 Å². The van der Waals surface area contributed by atoms with E-state index in [0.29, 0.717) is 6.42 Å². The van der Waals surface area contributed by atoms with Crippen molar-refractivity contribution in [2.75, 3.05) is 42.9 Å². The van der Waals surface area contributed by atoms with Gasteiger partial charge in [-0.1, -0.05) is 24.3 Å². The summed E-state index contributed by atoms with van der Waals surface area (Å²) in [5, 5.41) is 3.06. The Morgan fingerprint density at radius 3 is 2.46 bits per heavy atom. The van der Waals surface area contributed by atoms with Gasteiger partial charge >= 0.3 is 0 Å².